The Bertz CT molecular complexity index is 133. The van der Waals surface area contributed by atoms with Crippen molar-refractivity contribution in [2.24, 2.45) is 5.92 Å². The van der Waals surface area contributed by atoms with Gasteiger partial charge in [-0.15, -0.1) is 0 Å². The zero-order valence-electron chi connectivity index (χ0n) is 6.04. The minimum atomic E-state index is -0.718. The van der Waals surface area contributed by atoms with E-state index in [4.69, 9.17) is 9.84 Å². The van der Waals surface area contributed by atoms with Crippen molar-refractivity contribution in [1.29, 1.82) is 0 Å². The smallest absolute Gasteiger partial charge is 0.309 e. The minimum Gasteiger partial charge on any atom is -0.481 e. The van der Waals surface area contributed by atoms with E-state index < -0.39 is 5.97 Å². The SMILES string of the molecule is CC[C@H]1OCC[C@H]1C(=O)O. The average molecular weight is 144 g/mol. The van der Waals surface area contributed by atoms with E-state index in [0.717, 1.165) is 6.42 Å². The lowest BCUT2D eigenvalue weighted by Crippen LogP contribution is -2.22. The second kappa shape index (κ2) is 3.01. The number of hydrogen-bond donors (Lipinski definition) is 1. The van der Waals surface area contributed by atoms with Crippen LogP contribution in [0, 0.1) is 5.92 Å². The third-order valence-corrected chi connectivity index (χ3v) is 1.93. The summed E-state index contributed by atoms with van der Waals surface area (Å²) in [6, 6.07) is 0. The number of carbonyl (C=O) groups is 1. The molecular weight excluding hydrogens is 132 g/mol. The van der Waals surface area contributed by atoms with Gasteiger partial charge in [-0.05, 0) is 12.8 Å². The van der Waals surface area contributed by atoms with E-state index >= 15 is 0 Å². The molecule has 1 N–H and O–H groups in total. The van der Waals surface area contributed by atoms with Crippen LogP contribution in [0.5, 0.6) is 0 Å². The fourth-order valence-corrected chi connectivity index (χ4v) is 1.33. The molecule has 10 heavy (non-hydrogen) atoms. The van der Waals surface area contributed by atoms with E-state index in [1.807, 2.05) is 6.92 Å². The summed E-state index contributed by atoms with van der Waals surface area (Å²) in [4.78, 5) is 10.5. The number of ether oxygens (including phenoxy) is 1. The molecule has 0 bridgehead atoms. The first-order valence-electron chi connectivity index (χ1n) is 3.60. The summed E-state index contributed by atoms with van der Waals surface area (Å²) in [5.74, 6) is -0.977. The summed E-state index contributed by atoms with van der Waals surface area (Å²) >= 11 is 0. The van der Waals surface area contributed by atoms with Gasteiger partial charge in [-0.3, -0.25) is 4.79 Å². The Labute approximate surface area is 60.0 Å². The summed E-state index contributed by atoms with van der Waals surface area (Å²) in [7, 11) is 0. The van der Waals surface area contributed by atoms with Crippen molar-refractivity contribution >= 4 is 5.97 Å². The van der Waals surface area contributed by atoms with Crippen molar-refractivity contribution in [3.05, 3.63) is 0 Å². The van der Waals surface area contributed by atoms with E-state index in [9.17, 15) is 4.79 Å². The second-order valence-corrected chi connectivity index (χ2v) is 2.55. The topological polar surface area (TPSA) is 46.5 Å². The van der Waals surface area contributed by atoms with Gasteiger partial charge >= 0.3 is 5.97 Å². The van der Waals surface area contributed by atoms with Crippen LogP contribution in [0.25, 0.3) is 0 Å². The quantitative estimate of drug-likeness (QED) is 0.626. The van der Waals surface area contributed by atoms with E-state index in [1.54, 1.807) is 0 Å². The first kappa shape index (κ1) is 7.54. The Hall–Kier alpha value is -0.570. The zero-order valence-corrected chi connectivity index (χ0v) is 6.04. The summed E-state index contributed by atoms with van der Waals surface area (Å²) in [6.45, 7) is 2.56. The van der Waals surface area contributed by atoms with Gasteiger partial charge in [0.25, 0.3) is 0 Å². The molecule has 1 saturated heterocycles. The molecule has 2 atom stereocenters. The molecule has 1 heterocycles. The highest BCUT2D eigenvalue weighted by atomic mass is 16.5. The normalized spacial score (nSPS) is 32.5. The number of hydrogen-bond acceptors (Lipinski definition) is 2. The van der Waals surface area contributed by atoms with Gasteiger partial charge < -0.3 is 9.84 Å². The predicted octanol–water partition coefficient (Wildman–Crippen LogP) is 0.886. The monoisotopic (exact) mass is 144 g/mol. The maximum atomic E-state index is 10.5. The maximum Gasteiger partial charge on any atom is 0.309 e. The standard InChI is InChI=1S/C7H12O3/c1-2-6-5(7(8)9)3-4-10-6/h5-6H,2-4H2,1H3,(H,8,9)/t5-,6-/m1/s1. The lowest BCUT2D eigenvalue weighted by atomic mass is 10.0. The van der Waals surface area contributed by atoms with E-state index in [1.165, 1.54) is 0 Å². The van der Waals surface area contributed by atoms with Crippen LogP contribution in [0.15, 0.2) is 0 Å². The Morgan fingerprint density at radius 1 is 1.80 bits per heavy atom. The van der Waals surface area contributed by atoms with Crippen LogP contribution >= 0.6 is 0 Å². The van der Waals surface area contributed by atoms with E-state index in [0.29, 0.717) is 13.0 Å². The van der Waals surface area contributed by atoms with Crippen molar-refractivity contribution in [2.45, 2.75) is 25.9 Å². The molecule has 1 aliphatic rings. The number of carboxylic acid groups (broad SMARTS) is 1. The molecule has 58 valence electrons. The van der Waals surface area contributed by atoms with Gasteiger partial charge in [0.1, 0.15) is 0 Å². The molecule has 0 unspecified atom stereocenters. The maximum absolute atomic E-state index is 10.5. The van der Waals surface area contributed by atoms with Crippen molar-refractivity contribution in [3.8, 4) is 0 Å². The van der Waals surface area contributed by atoms with Crippen LogP contribution in [0.2, 0.25) is 0 Å². The third kappa shape index (κ3) is 1.29. The first-order valence-corrected chi connectivity index (χ1v) is 3.60. The molecular formula is C7H12O3. The minimum absolute atomic E-state index is 0.0440. The first-order chi connectivity index (χ1) is 4.75. The molecule has 0 radical (unpaired) electrons. The highest BCUT2D eigenvalue weighted by molar-refractivity contribution is 5.71. The molecule has 0 spiro atoms. The van der Waals surface area contributed by atoms with Crippen molar-refractivity contribution < 1.29 is 14.6 Å². The zero-order chi connectivity index (χ0) is 7.56. The fraction of sp³-hybridized carbons (Fsp3) is 0.857. The molecule has 0 aromatic carbocycles. The van der Waals surface area contributed by atoms with Crippen LogP contribution in [0.4, 0.5) is 0 Å². The lowest BCUT2D eigenvalue weighted by molar-refractivity contribution is -0.143. The molecule has 3 nitrogen and oxygen atoms in total. The van der Waals surface area contributed by atoms with E-state index in [-0.39, 0.29) is 12.0 Å². The fourth-order valence-electron chi connectivity index (χ4n) is 1.33. The number of rotatable bonds is 2. The number of aliphatic carboxylic acids is 1. The Kier molecular flexibility index (Phi) is 2.27. The van der Waals surface area contributed by atoms with Crippen LogP contribution in [0.1, 0.15) is 19.8 Å². The van der Waals surface area contributed by atoms with Gasteiger partial charge in [0.2, 0.25) is 0 Å². The summed E-state index contributed by atoms with van der Waals surface area (Å²) in [6.07, 6.45) is 1.43. The molecule has 0 saturated carbocycles. The molecule has 1 rings (SSSR count). The largest absolute Gasteiger partial charge is 0.481 e. The van der Waals surface area contributed by atoms with Gasteiger partial charge in [-0.25, -0.2) is 0 Å². The Balaban J connectivity index is 2.50. The average Bonchev–Trinajstić information content (AvgIpc) is 2.33. The van der Waals surface area contributed by atoms with Crippen molar-refractivity contribution in [3.63, 3.8) is 0 Å². The Morgan fingerprint density at radius 3 is 2.90 bits per heavy atom. The highest BCUT2D eigenvalue weighted by Gasteiger charge is 2.32. The Morgan fingerprint density at radius 2 is 2.50 bits per heavy atom. The summed E-state index contributed by atoms with van der Waals surface area (Å²) < 4.78 is 5.20. The van der Waals surface area contributed by atoms with Gasteiger partial charge in [-0.1, -0.05) is 6.92 Å². The number of carboxylic acids is 1. The van der Waals surface area contributed by atoms with Gasteiger partial charge in [0.15, 0.2) is 0 Å². The second-order valence-electron chi connectivity index (χ2n) is 2.55. The van der Waals surface area contributed by atoms with Gasteiger partial charge in [-0.2, -0.15) is 0 Å². The van der Waals surface area contributed by atoms with Crippen LogP contribution in [-0.4, -0.2) is 23.8 Å². The molecule has 0 aliphatic carbocycles. The molecule has 3 heteroatoms. The van der Waals surface area contributed by atoms with Gasteiger partial charge in [0, 0.05) is 6.61 Å². The molecule has 0 aromatic heterocycles. The van der Waals surface area contributed by atoms with Crippen molar-refractivity contribution in [2.75, 3.05) is 6.61 Å². The van der Waals surface area contributed by atoms with Crippen LogP contribution in [-0.2, 0) is 9.53 Å². The molecule has 0 aromatic rings. The molecule has 1 aliphatic heterocycles. The lowest BCUT2D eigenvalue weighted by Gasteiger charge is -2.10. The van der Waals surface area contributed by atoms with Crippen molar-refractivity contribution in [1.82, 2.24) is 0 Å². The molecule has 1 fully saturated rings. The van der Waals surface area contributed by atoms with Crippen LogP contribution < -0.4 is 0 Å². The summed E-state index contributed by atoms with van der Waals surface area (Å²) in [5.41, 5.74) is 0. The molecule has 0 amide bonds. The van der Waals surface area contributed by atoms with Crippen LogP contribution in [0.3, 0.4) is 0 Å². The van der Waals surface area contributed by atoms with Gasteiger partial charge in [0.05, 0.1) is 12.0 Å². The predicted molar refractivity (Wildman–Crippen MR) is 35.8 cm³/mol. The summed E-state index contributed by atoms with van der Waals surface area (Å²) in [5, 5.41) is 8.63. The highest BCUT2D eigenvalue weighted by Crippen LogP contribution is 2.22. The third-order valence-electron chi connectivity index (χ3n) is 1.93. The van der Waals surface area contributed by atoms with E-state index in [2.05, 4.69) is 0 Å².